The SMILES string of the molecule is CN1CCN(Cc2ccc(N=Nc3c(N)n[nH]c3N)cc2)CC1. The number of nitrogens with one attached hydrogen (secondary N) is 1. The number of likely N-dealkylation sites (N-methyl/N-ethyl adjacent to an activating group) is 1. The fourth-order valence-corrected chi connectivity index (χ4v) is 2.51. The van der Waals surface area contributed by atoms with Crippen LogP contribution in [-0.2, 0) is 6.54 Å². The van der Waals surface area contributed by atoms with Gasteiger partial charge in [0.05, 0.1) is 5.69 Å². The number of nitrogens with zero attached hydrogens (tertiary/aromatic N) is 5. The third kappa shape index (κ3) is 3.85. The highest BCUT2D eigenvalue weighted by Gasteiger charge is 2.13. The van der Waals surface area contributed by atoms with E-state index in [1.54, 1.807) is 0 Å². The first-order valence-electron chi connectivity index (χ1n) is 7.63. The molecule has 1 aromatic carbocycles. The number of H-pyrrole nitrogens is 1. The van der Waals surface area contributed by atoms with Gasteiger partial charge in [-0.1, -0.05) is 12.1 Å². The Balaban J connectivity index is 1.61. The lowest BCUT2D eigenvalue weighted by atomic mass is 10.2. The summed E-state index contributed by atoms with van der Waals surface area (Å²) in [6, 6.07) is 8.05. The molecule has 1 fully saturated rings. The molecule has 1 saturated heterocycles. The monoisotopic (exact) mass is 314 g/mol. The van der Waals surface area contributed by atoms with Crippen LogP contribution in [0.4, 0.5) is 23.0 Å². The number of hydrogen-bond acceptors (Lipinski definition) is 7. The number of piperazine rings is 1. The van der Waals surface area contributed by atoms with Crippen LogP contribution in [0.25, 0.3) is 0 Å². The Bertz CT molecular complexity index is 648. The molecule has 8 heteroatoms. The number of nitrogens with two attached hydrogens (primary N) is 2. The molecule has 0 bridgehead atoms. The first-order chi connectivity index (χ1) is 11.1. The molecule has 1 aromatic heterocycles. The van der Waals surface area contributed by atoms with Crippen molar-refractivity contribution < 1.29 is 0 Å². The van der Waals surface area contributed by atoms with Gasteiger partial charge < -0.3 is 16.4 Å². The van der Waals surface area contributed by atoms with Crippen molar-refractivity contribution in [3.63, 3.8) is 0 Å². The van der Waals surface area contributed by atoms with Gasteiger partial charge in [0.1, 0.15) is 5.82 Å². The number of aromatic amines is 1. The lowest BCUT2D eigenvalue weighted by molar-refractivity contribution is 0.148. The molecule has 1 aliphatic rings. The summed E-state index contributed by atoms with van der Waals surface area (Å²) in [5.41, 5.74) is 13.8. The standard InChI is InChI=1S/C15H22N8/c1-22-6-8-23(9-7-22)10-11-2-4-12(5-3-11)18-19-13-14(16)20-21-15(13)17/h2-5H,6-10H2,1H3,(H5,16,17,20,21). The van der Waals surface area contributed by atoms with Crippen LogP contribution in [0.2, 0.25) is 0 Å². The van der Waals surface area contributed by atoms with Crippen LogP contribution in [0, 0.1) is 0 Å². The second kappa shape index (κ2) is 6.76. The Morgan fingerprint density at radius 3 is 2.39 bits per heavy atom. The Kier molecular flexibility index (Phi) is 4.54. The fourth-order valence-electron chi connectivity index (χ4n) is 2.51. The highest BCUT2D eigenvalue weighted by atomic mass is 15.2. The molecule has 8 nitrogen and oxygen atoms in total. The molecule has 0 saturated carbocycles. The largest absolute Gasteiger partial charge is 0.382 e. The molecule has 1 aliphatic heterocycles. The van der Waals surface area contributed by atoms with Crippen molar-refractivity contribution in [2.24, 2.45) is 10.2 Å². The zero-order chi connectivity index (χ0) is 16.2. The van der Waals surface area contributed by atoms with E-state index in [0.717, 1.165) is 38.4 Å². The van der Waals surface area contributed by atoms with Gasteiger partial charge in [-0.2, -0.15) is 10.2 Å². The predicted octanol–water partition coefficient (Wildman–Crippen LogP) is 1.74. The van der Waals surface area contributed by atoms with Crippen molar-refractivity contribution in [2.45, 2.75) is 6.54 Å². The summed E-state index contributed by atoms with van der Waals surface area (Å²) >= 11 is 0. The minimum absolute atomic E-state index is 0.248. The van der Waals surface area contributed by atoms with Gasteiger partial charge in [0.25, 0.3) is 0 Å². The molecule has 0 radical (unpaired) electrons. The van der Waals surface area contributed by atoms with Crippen molar-refractivity contribution in [1.82, 2.24) is 20.0 Å². The zero-order valence-electron chi connectivity index (χ0n) is 13.2. The van der Waals surface area contributed by atoms with Gasteiger partial charge in [0.2, 0.25) is 0 Å². The topological polar surface area (TPSA) is 112 Å². The maximum atomic E-state index is 5.68. The fraction of sp³-hybridized carbons (Fsp3) is 0.400. The Hall–Kier alpha value is -2.45. The number of azo groups is 1. The van der Waals surface area contributed by atoms with E-state index in [1.165, 1.54) is 5.56 Å². The summed E-state index contributed by atoms with van der Waals surface area (Å²) < 4.78 is 0. The van der Waals surface area contributed by atoms with Gasteiger partial charge >= 0.3 is 0 Å². The normalized spacial score (nSPS) is 17.1. The maximum absolute atomic E-state index is 5.68. The molecule has 0 aliphatic carbocycles. The molecular formula is C15H22N8. The summed E-state index contributed by atoms with van der Waals surface area (Å²) in [6.07, 6.45) is 0. The van der Waals surface area contributed by atoms with Crippen LogP contribution in [0.3, 0.4) is 0 Å². The van der Waals surface area contributed by atoms with E-state index in [4.69, 9.17) is 11.5 Å². The predicted molar refractivity (Wildman–Crippen MR) is 90.8 cm³/mol. The number of rotatable bonds is 4. The van der Waals surface area contributed by atoms with Gasteiger partial charge in [0, 0.05) is 32.7 Å². The number of aromatic nitrogens is 2. The number of nitrogen functional groups attached to an aromatic ring is 2. The van der Waals surface area contributed by atoms with Crippen molar-refractivity contribution in [1.29, 1.82) is 0 Å². The lowest BCUT2D eigenvalue weighted by Crippen LogP contribution is -2.43. The summed E-state index contributed by atoms with van der Waals surface area (Å²) in [6.45, 7) is 5.43. The van der Waals surface area contributed by atoms with E-state index in [9.17, 15) is 0 Å². The van der Waals surface area contributed by atoms with Crippen LogP contribution in [0.1, 0.15) is 5.56 Å². The highest BCUT2D eigenvalue weighted by Crippen LogP contribution is 2.28. The van der Waals surface area contributed by atoms with E-state index in [-0.39, 0.29) is 5.82 Å². The van der Waals surface area contributed by atoms with Crippen LogP contribution in [-0.4, -0.2) is 53.2 Å². The zero-order valence-corrected chi connectivity index (χ0v) is 13.2. The lowest BCUT2D eigenvalue weighted by Gasteiger charge is -2.32. The van der Waals surface area contributed by atoms with Crippen LogP contribution in [0.15, 0.2) is 34.5 Å². The van der Waals surface area contributed by atoms with Crippen molar-refractivity contribution in [2.75, 3.05) is 44.7 Å². The average Bonchev–Trinajstić information content (AvgIpc) is 2.88. The maximum Gasteiger partial charge on any atom is 0.175 e. The van der Waals surface area contributed by atoms with E-state index in [2.05, 4.69) is 49.4 Å². The van der Waals surface area contributed by atoms with Gasteiger partial charge in [-0.3, -0.25) is 10.00 Å². The van der Waals surface area contributed by atoms with E-state index >= 15 is 0 Å². The average molecular weight is 314 g/mol. The van der Waals surface area contributed by atoms with E-state index in [0.29, 0.717) is 11.5 Å². The summed E-state index contributed by atoms with van der Waals surface area (Å²) in [4.78, 5) is 4.82. The minimum atomic E-state index is 0.248. The molecule has 5 N–H and O–H groups in total. The molecule has 2 aromatic rings. The first kappa shape index (κ1) is 15.4. The third-order valence-corrected chi connectivity index (χ3v) is 4.00. The third-order valence-electron chi connectivity index (χ3n) is 4.00. The van der Waals surface area contributed by atoms with Gasteiger partial charge in [-0.05, 0) is 24.7 Å². The minimum Gasteiger partial charge on any atom is -0.382 e. The summed E-state index contributed by atoms with van der Waals surface area (Å²) in [5, 5.41) is 14.6. The van der Waals surface area contributed by atoms with Crippen LogP contribution >= 0.6 is 0 Å². The van der Waals surface area contributed by atoms with Crippen molar-refractivity contribution in [3.05, 3.63) is 29.8 Å². The molecular weight excluding hydrogens is 292 g/mol. The molecule has 0 unspecified atom stereocenters. The smallest absolute Gasteiger partial charge is 0.175 e. The van der Waals surface area contributed by atoms with E-state index < -0.39 is 0 Å². The Morgan fingerprint density at radius 2 is 1.78 bits per heavy atom. The second-order valence-corrected chi connectivity index (χ2v) is 5.82. The van der Waals surface area contributed by atoms with Gasteiger partial charge in [0.15, 0.2) is 11.5 Å². The number of hydrogen-bond donors (Lipinski definition) is 3. The first-order valence-corrected chi connectivity index (χ1v) is 7.63. The molecule has 3 rings (SSSR count). The molecule has 0 amide bonds. The molecule has 122 valence electrons. The number of benzene rings is 1. The Morgan fingerprint density at radius 1 is 1.09 bits per heavy atom. The van der Waals surface area contributed by atoms with Gasteiger partial charge in [-0.15, -0.1) is 5.11 Å². The molecule has 0 spiro atoms. The van der Waals surface area contributed by atoms with Crippen LogP contribution in [0.5, 0.6) is 0 Å². The molecule has 0 atom stereocenters. The van der Waals surface area contributed by atoms with Crippen LogP contribution < -0.4 is 11.5 Å². The second-order valence-electron chi connectivity index (χ2n) is 5.82. The highest BCUT2D eigenvalue weighted by molar-refractivity contribution is 5.70. The molecule has 2 heterocycles. The summed E-state index contributed by atoms with van der Waals surface area (Å²) in [5.74, 6) is 0.566. The van der Waals surface area contributed by atoms with Crippen molar-refractivity contribution >= 4 is 23.0 Å². The quantitative estimate of drug-likeness (QED) is 0.744. The Labute approximate surface area is 135 Å². The van der Waals surface area contributed by atoms with Crippen molar-refractivity contribution in [3.8, 4) is 0 Å². The summed E-state index contributed by atoms with van der Waals surface area (Å²) in [7, 11) is 2.16. The van der Waals surface area contributed by atoms with E-state index in [1.807, 2.05) is 12.1 Å². The molecule has 23 heavy (non-hydrogen) atoms. The number of anilines is 2. The van der Waals surface area contributed by atoms with Gasteiger partial charge in [-0.25, -0.2) is 0 Å².